The summed E-state index contributed by atoms with van der Waals surface area (Å²) in [7, 11) is -0.756. The molecule has 10 heteroatoms. The zero-order valence-electron chi connectivity index (χ0n) is 18.6. The van der Waals surface area contributed by atoms with Crippen molar-refractivity contribution in [3.8, 4) is 17.2 Å². The monoisotopic (exact) mass is 490 g/mol. The van der Waals surface area contributed by atoms with E-state index in [4.69, 9.17) is 14.2 Å². The van der Waals surface area contributed by atoms with E-state index >= 15 is 0 Å². The number of aliphatic hydroxyl groups excluding tert-OH is 1. The molecule has 0 aliphatic carbocycles. The number of hydrogen-bond donors (Lipinski definition) is 2. The van der Waals surface area contributed by atoms with E-state index in [0.717, 1.165) is 5.69 Å². The van der Waals surface area contributed by atoms with Crippen LogP contribution >= 0.6 is 11.3 Å². The van der Waals surface area contributed by atoms with Gasteiger partial charge in [0.2, 0.25) is 0 Å². The molecule has 2 atom stereocenters. The molecule has 2 N–H and O–H groups in total. The number of anilines is 1. The van der Waals surface area contributed by atoms with Crippen molar-refractivity contribution in [1.29, 1.82) is 0 Å². The first-order chi connectivity index (χ1) is 15.7. The summed E-state index contributed by atoms with van der Waals surface area (Å²) in [6.07, 6.45) is 1.10. The zero-order valence-corrected chi connectivity index (χ0v) is 20.2. The van der Waals surface area contributed by atoms with Gasteiger partial charge in [0.25, 0.3) is 5.91 Å². The van der Waals surface area contributed by atoms with Gasteiger partial charge in [-0.15, -0.1) is 11.3 Å². The van der Waals surface area contributed by atoms with Crippen LogP contribution in [-0.2, 0) is 20.9 Å². The van der Waals surface area contributed by atoms with Crippen LogP contribution in [0.5, 0.6) is 17.2 Å². The van der Waals surface area contributed by atoms with Gasteiger partial charge in [-0.3, -0.25) is 14.3 Å². The number of hydrogen-bond acceptors (Lipinski definition) is 8. The highest BCUT2D eigenvalue weighted by atomic mass is 32.2. The Morgan fingerprint density at radius 1 is 1.21 bits per heavy atom. The predicted octanol–water partition coefficient (Wildman–Crippen LogP) is 3.80. The van der Waals surface area contributed by atoms with Gasteiger partial charge < -0.3 is 19.3 Å². The lowest BCUT2D eigenvalue weighted by molar-refractivity contribution is 0.102. The number of methoxy groups -OCH3 is 1. The second-order valence-electron chi connectivity index (χ2n) is 7.41. The van der Waals surface area contributed by atoms with Crippen LogP contribution in [0.4, 0.5) is 5.13 Å². The van der Waals surface area contributed by atoms with Crippen molar-refractivity contribution in [1.82, 2.24) is 4.98 Å². The molecule has 0 aliphatic rings. The molecule has 1 aromatic heterocycles. The zero-order chi connectivity index (χ0) is 24.0. The summed E-state index contributed by atoms with van der Waals surface area (Å²) in [5, 5.41) is 14.3. The Morgan fingerprint density at radius 3 is 2.55 bits per heavy atom. The molecule has 8 nitrogen and oxygen atoms in total. The average Bonchev–Trinajstić information content (AvgIpc) is 3.20. The first kappa shape index (κ1) is 24.7. The Labute approximate surface area is 197 Å². The highest BCUT2D eigenvalue weighted by molar-refractivity contribution is 7.99. The topological polar surface area (TPSA) is 107 Å². The molecule has 0 spiro atoms. The van der Waals surface area contributed by atoms with Gasteiger partial charge in [0.1, 0.15) is 23.4 Å². The van der Waals surface area contributed by atoms with Crippen LogP contribution in [0.15, 0.2) is 52.7 Å². The van der Waals surface area contributed by atoms with E-state index < -0.39 is 21.5 Å². The maximum atomic E-state index is 12.9. The highest BCUT2D eigenvalue weighted by Crippen LogP contribution is 2.29. The Morgan fingerprint density at radius 2 is 1.91 bits per heavy atom. The van der Waals surface area contributed by atoms with Crippen LogP contribution in [-0.4, -0.2) is 52.2 Å². The van der Waals surface area contributed by atoms with Crippen LogP contribution in [0.3, 0.4) is 0 Å². The van der Waals surface area contributed by atoms with E-state index in [2.05, 4.69) is 16.2 Å². The first-order valence-corrected chi connectivity index (χ1v) is 13.0. The largest absolute Gasteiger partial charge is 0.488 e. The van der Waals surface area contributed by atoms with E-state index in [1.807, 2.05) is 0 Å². The fourth-order valence-electron chi connectivity index (χ4n) is 2.78. The van der Waals surface area contributed by atoms with Gasteiger partial charge in [-0.2, -0.15) is 0 Å². The molecular formula is C23H26N2O6S2. The van der Waals surface area contributed by atoms with Crippen molar-refractivity contribution in [2.45, 2.75) is 24.5 Å². The third-order valence-corrected chi connectivity index (χ3v) is 6.43. The standard InChI is InChI=1S/C23H26N2O6S2/c1-15(12-26)30-19-9-16(22(27)25-23-24-17(13-29-2)14-32-23)10-20(11-19)31-18-5-7-21(8-6-18)33(3,4)28/h5-11,14-15,26H,3,12-13H2,1-2,4H3,(H,24,25,27)/t15-,33?/m0/s1. The molecule has 176 valence electrons. The van der Waals surface area contributed by atoms with Crippen molar-refractivity contribution in [3.05, 3.63) is 59.1 Å². The maximum Gasteiger partial charge on any atom is 0.257 e. The van der Waals surface area contributed by atoms with Crippen LogP contribution < -0.4 is 14.8 Å². The van der Waals surface area contributed by atoms with Crippen molar-refractivity contribution < 1.29 is 28.3 Å². The van der Waals surface area contributed by atoms with Gasteiger partial charge in [-0.25, -0.2) is 4.98 Å². The van der Waals surface area contributed by atoms with E-state index in [0.29, 0.717) is 39.4 Å². The molecule has 3 rings (SSSR count). The van der Waals surface area contributed by atoms with Gasteiger partial charge in [0.05, 0.1) is 18.9 Å². The average molecular weight is 491 g/mol. The number of benzene rings is 2. The number of aromatic nitrogens is 1. The molecule has 0 radical (unpaired) electrons. The summed E-state index contributed by atoms with van der Waals surface area (Å²) in [6, 6.07) is 11.5. The highest BCUT2D eigenvalue weighted by Gasteiger charge is 2.15. The smallest absolute Gasteiger partial charge is 0.257 e. The predicted molar refractivity (Wildman–Crippen MR) is 130 cm³/mol. The molecule has 0 fully saturated rings. The summed E-state index contributed by atoms with van der Waals surface area (Å²) < 4.78 is 28.8. The molecule has 1 heterocycles. The second kappa shape index (κ2) is 10.8. The minimum Gasteiger partial charge on any atom is -0.488 e. The number of nitrogens with one attached hydrogen (secondary N) is 1. The van der Waals surface area contributed by atoms with Crippen LogP contribution in [0.25, 0.3) is 0 Å². The molecule has 0 bridgehead atoms. The minimum atomic E-state index is -2.33. The summed E-state index contributed by atoms with van der Waals surface area (Å²) >= 11 is 1.29. The van der Waals surface area contributed by atoms with E-state index in [1.54, 1.807) is 68.1 Å². The van der Waals surface area contributed by atoms with E-state index in [-0.39, 0.29) is 6.61 Å². The Kier molecular flexibility index (Phi) is 8.09. The Balaban J connectivity index is 1.85. The van der Waals surface area contributed by atoms with Crippen molar-refractivity contribution in [3.63, 3.8) is 0 Å². The Hall–Kier alpha value is -2.92. The van der Waals surface area contributed by atoms with E-state index in [9.17, 15) is 14.1 Å². The van der Waals surface area contributed by atoms with Gasteiger partial charge in [-0.05, 0) is 58.7 Å². The third-order valence-electron chi connectivity index (χ3n) is 4.36. The number of carbonyl (C=O) groups is 1. The molecule has 0 aliphatic heterocycles. The lowest BCUT2D eigenvalue weighted by atomic mass is 10.2. The van der Waals surface area contributed by atoms with Gasteiger partial charge in [0.15, 0.2) is 5.13 Å². The quantitative estimate of drug-likeness (QED) is 0.416. The normalized spacial score (nSPS) is 13.7. The number of carbonyl (C=O) groups excluding carboxylic acids is 1. The van der Waals surface area contributed by atoms with Crippen LogP contribution in [0.2, 0.25) is 0 Å². The minimum absolute atomic E-state index is 0.184. The lowest BCUT2D eigenvalue weighted by Crippen LogP contribution is -2.17. The number of aliphatic hydroxyl groups is 1. The molecular weight excluding hydrogens is 464 g/mol. The molecule has 1 unspecified atom stereocenters. The first-order valence-electron chi connectivity index (χ1n) is 9.95. The molecule has 0 saturated heterocycles. The summed E-state index contributed by atoms with van der Waals surface area (Å²) in [4.78, 5) is 17.8. The van der Waals surface area contributed by atoms with Crippen LogP contribution in [0.1, 0.15) is 23.0 Å². The fourth-order valence-corrected chi connectivity index (χ4v) is 4.18. The fraction of sp³-hybridized carbons (Fsp3) is 0.261. The molecule has 3 aromatic rings. The number of rotatable bonds is 10. The molecule has 0 saturated carbocycles. The molecule has 33 heavy (non-hydrogen) atoms. The van der Waals surface area contributed by atoms with Gasteiger partial charge in [-0.1, -0.05) is 0 Å². The lowest BCUT2D eigenvalue weighted by Gasteiger charge is -2.15. The molecule has 2 aromatic carbocycles. The number of amides is 1. The summed E-state index contributed by atoms with van der Waals surface area (Å²) in [6.45, 7) is 1.88. The SMILES string of the molecule is C=S(C)(=O)c1ccc(Oc2cc(O[C@@H](C)CO)cc(C(=O)Nc3nc(COC)cs3)c2)cc1. The van der Waals surface area contributed by atoms with Crippen molar-refractivity contribution >= 4 is 37.8 Å². The van der Waals surface area contributed by atoms with Crippen molar-refractivity contribution in [2.75, 3.05) is 25.3 Å². The summed E-state index contributed by atoms with van der Waals surface area (Å²) in [5.41, 5.74) is 1.01. The third kappa shape index (κ3) is 7.03. The molecule has 1 amide bonds. The number of nitrogens with zero attached hydrogens (tertiary/aromatic N) is 1. The van der Waals surface area contributed by atoms with Gasteiger partial charge >= 0.3 is 0 Å². The number of ether oxygens (including phenoxy) is 3. The Bertz CT molecular complexity index is 1210. The van der Waals surface area contributed by atoms with Crippen LogP contribution in [0, 0.1) is 0 Å². The van der Waals surface area contributed by atoms with E-state index in [1.165, 1.54) is 11.3 Å². The second-order valence-corrected chi connectivity index (χ2v) is 10.8. The maximum absolute atomic E-state index is 12.9. The summed E-state index contributed by atoms with van der Waals surface area (Å²) in [5.74, 6) is 4.50. The van der Waals surface area contributed by atoms with Crippen molar-refractivity contribution in [2.24, 2.45) is 0 Å². The van der Waals surface area contributed by atoms with Gasteiger partial charge in [0, 0.05) is 35.3 Å². The number of thiazole rings is 1.